The molecule has 7 nitrogen and oxygen atoms in total. The molecule has 2 aromatic rings. The van der Waals surface area contributed by atoms with Gasteiger partial charge in [-0.1, -0.05) is 0 Å². The van der Waals surface area contributed by atoms with Gasteiger partial charge < -0.3 is 36.6 Å². The Hall–Kier alpha value is -1.03. The van der Waals surface area contributed by atoms with Crippen LogP contribution in [0.5, 0.6) is 5.75 Å². The monoisotopic (exact) mass is 455 g/mol. The summed E-state index contributed by atoms with van der Waals surface area (Å²) in [5.74, 6) is -1.54. The summed E-state index contributed by atoms with van der Waals surface area (Å²) in [6, 6.07) is 0.994. The van der Waals surface area contributed by atoms with Gasteiger partial charge in [-0.2, -0.15) is 0 Å². The maximum absolute atomic E-state index is 15.0. The number of anilines is 1. The number of piperazine rings is 1. The topological polar surface area (TPSA) is 75.0 Å². The maximum atomic E-state index is 15.0. The maximum Gasteiger partial charge on any atom is 1.00 e. The van der Waals surface area contributed by atoms with Gasteiger partial charge in [-0.05, 0) is 20.0 Å². The molecule has 0 saturated carbocycles. The van der Waals surface area contributed by atoms with Gasteiger partial charge in [0.15, 0.2) is 11.6 Å². The summed E-state index contributed by atoms with van der Waals surface area (Å²) in [4.78, 5) is 28.1. The number of carboxylic acids is 1. The average Bonchev–Trinajstić information content (AvgIpc) is 2.60. The number of carbonyl (C=O) groups is 1. The second kappa shape index (κ2) is 9.85. The van der Waals surface area contributed by atoms with E-state index in [-0.39, 0.29) is 78.0 Å². The van der Waals surface area contributed by atoms with Crippen molar-refractivity contribution in [2.75, 3.05) is 44.7 Å². The number of hydrogen-bond acceptors (Lipinski definition) is 5. The fourth-order valence-corrected chi connectivity index (χ4v) is 3.69. The Morgan fingerprint density at radius 3 is 2.48 bits per heavy atom. The first kappa shape index (κ1) is 26.0. The Balaban J connectivity index is 0.00000140. The molecule has 0 aliphatic carbocycles. The molecule has 3 heterocycles. The van der Waals surface area contributed by atoms with Gasteiger partial charge in [-0.25, -0.2) is 9.18 Å². The Morgan fingerprint density at radius 1 is 1.28 bits per heavy atom. The number of hydrogen-bond donors (Lipinski definition) is 1. The molecule has 0 bridgehead atoms. The van der Waals surface area contributed by atoms with E-state index in [0.717, 1.165) is 19.2 Å². The zero-order chi connectivity index (χ0) is 18.6. The predicted molar refractivity (Wildman–Crippen MR) is 102 cm³/mol. The molecule has 2 aliphatic heterocycles. The summed E-state index contributed by atoms with van der Waals surface area (Å²) in [6.07, 6.45) is 1.34. The standard InChI is InChI=1S/C18H20FN3O4.2ClH.Na/c1-10-9-26-17-14-11(16(23)12(18(24)25)8-22(10)14)7-13(19)15(17)21-5-3-20(2)4-6-21;;;/h7-8,10H,3-6,9H2,1-2H3,(H,24,25);2*1H;/q;;;+1/p-1/t10-;;;/m0.../s1. The van der Waals surface area contributed by atoms with Crippen LogP contribution in [0.25, 0.3) is 10.9 Å². The Bertz CT molecular complexity index is 980. The van der Waals surface area contributed by atoms with Crippen molar-refractivity contribution in [3.8, 4) is 5.75 Å². The van der Waals surface area contributed by atoms with Gasteiger partial charge in [-0.3, -0.25) is 4.79 Å². The third kappa shape index (κ3) is 4.38. The number of benzene rings is 1. The molecule has 11 heteroatoms. The summed E-state index contributed by atoms with van der Waals surface area (Å²) in [5.41, 5.74) is -0.224. The van der Waals surface area contributed by atoms with Crippen molar-refractivity contribution in [2.24, 2.45) is 0 Å². The Kier molecular flexibility index (Phi) is 8.83. The number of halogens is 3. The van der Waals surface area contributed by atoms with E-state index in [2.05, 4.69) is 4.90 Å². The fourth-order valence-electron chi connectivity index (χ4n) is 3.69. The molecule has 0 spiro atoms. The van der Waals surface area contributed by atoms with Crippen LogP contribution < -0.4 is 57.0 Å². The van der Waals surface area contributed by atoms with Crippen LogP contribution in [0, 0.1) is 5.82 Å². The predicted octanol–water partition coefficient (Wildman–Crippen LogP) is -4.03. The molecule has 0 unspecified atom stereocenters. The third-order valence-electron chi connectivity index (χ3n) is 5.19. The molecule has 1 aromatic carbocycles. The fraction of sp³-hybridized carbons (Fsp3) is 0.444. The van der Waals surface area contributed by atoms with Gasteiger partial charge >= 0.3 is 35.5 Å². The number of aromatic carboxylic acids is 1. The third-order valence-corrected chi connectivity index (χ3v) is 5.19. The molecule has 4 rings (SSSR count). The first-order chi connectivity index (χ1) is 12.4. The van der Waals surface area contributed by atoms with Crippen molar-refractivity contribution in [3.05, 3.63) is 33.9 Å². The quantitative estimate of drug-likeness (QED) is 0.465. The number of aromatic nitrogens is 1. The number of rotatable bonds is 2. The van der Waals surface area contributed by atoms with E-state index in [1.54, 1.807) is 4.57 Å². The molecule has 2 aliphatic rings. The zero-order valence-electron chi connectivity index (χ0n) is 16.4. The molecule has 1 atom stereocenters. The van der Waals surface area contributed by atoms with Crippen molar-refractivity contribution < 1.29 is 61.0 Å². The van der Waals surface area contributed by atoms with E-state index in [1.807, 2.05) is 18.9 Å². The van der Waals surface area contributed by atoms with Gasteiger partial charge in [0.2, 0.25) is 5.43 Å². The van der Waals surface area contributed by atoms with Gasteiger partial charge in [0.1, 0.15) is 17.9 Å². The van der Waals surface area contributed by atoms with Crippen molar-refractivity contribution >= 4 is 35.0 Å². The molecular formula is C18H21Cl2FN3NaO4. The van der Waals surface area contributed by atoms with Crippen molar-refractivity contribution in [1.82, 2.24) is 9.47 Å². The molecule has 1 N–H and O–H groups in total. The van der Waals surface area contributed by atoms with Gasteiger partial charge in [0.25, 0.3) is 0 Å². The Morgan fingerprint density at radius 2 is 1.90 bits per heavy atom. The van der Waals surface area contributed by atoms with Crippen LogP contribution in [-0.2, 0) is 0 Å². The van der Waals surface area contributed by atoms with Crippen LogP contribution in [-0.4, -0.2) is 60.4 Å². The average molecular weight is 456 g/mol. The van der Waals surface area contributed by atoms with Crippen LogP contribution in [0.4, 0.5) is 10.1 Å². The minimum atomic E-state index is -1.32. The van der Waals surface area contributed by atoms with Crippen LogP contribution >= 0.6 is 12.4 Å². The minimum absolute atomic E-state index is 0. The van der Waals surface area contributed by atoms with Crippen LogP contribution in [0.1, 0.15) is 23.3 Å². The van der Waals surface area contributed by atoms with Crippen molar-refractivity contribution in [1.29, 1.82) is 0 Å². The van der Waals surface area contributed by atoms with Crippen molar-refractivity contribution in [3.63, 3.8) is 0 Å². The molecule has 1 aromatic heterocycles. The molecule has 154 valence electrons. The molecular weight excluding hydrogens is 435 g/mol. The molecule has 1 fully saturated rings. The molecule has 0 amide bonds. The van der Waals surface area contributed by atoms with Crippen LogP contribution in [0.2, 0.25) is 0 Å². The number of carboxylic acid groups (broad SMARTS) is 1. The number of nitrogens with zero attached hydrogens (tertiary/aromatic N) is 3. The largest absolute Gasteiger partial charge is 1.00 e. The molecule has 0 radical (unpaired) electrons. The SMILES string of the molecule is C[C@H]1COc2c(N3CCN(C)CC3)c(F)cc3c(=O)c(C(=O)O)cn1c23.Cl.[Cl-].[Na+]. The minimum Gasteiger partial charge on any atom is -1.00 e. The summed E-state index contributed by atoms with van der Waals surface area (Å²) in [6.45, 7) is 5.08. The van der Waals surface area contributed by atoms with E-state index in [1.165, 1.54) is 6.20 Å². The Labute approximate surface area is 201 Å². The number of ether oxygens (including phenoxy) is 1. The first-order valence-corrected chi connectivity index (χ1v) is 8.59. The van der Waals surface area contributed by atoms with Crippen LogP contribution in [0.15, 0.2) is 17.1 Å². The van der Waals surface area contributed by atoms with E-state index < -0.39 is 17.2 Å². The van der Waals surface area contributed by atoms with Gasteiger partial charge in [-0.15, -0.1) is 12.4 Å². The first-order valence-electron chi connectivity index (χ1n) is 8.59. The summed E-state index contributed by atoms with van der Waals surface area (Å²) in [5, 5.41) is 9.36. The van der Waals surface area contributed by atoms with E-state index in [4.69, 9.17) is 4.74 Å². The summed E-state index contributed by atoms with van der Waals surface area (Å²) in [7, 11) is 2.02. The van der Waals surface area contributed by atoms with Gasteiger partial charge in [0, 0.05) is 32.4 Å². The smallest absolute Gasteiger partial charge is 1.00 e. The normalized spacial score (nSPS) is 18.2. The summed E-state index contributed by atoms with van der Waals surface area (Å²) < 4.78 is 22.6. The van der Waals surface area contributed by atoms with E-state index in [9.17, 15) is 19.1 Å². The zero-order valence-corrected chi connectivity index (χ0v) is 20.0. The van der Waals surface area contributed by atoms with Crippen LogP contribution in [0.3, 0.4) is 0 Å². The second-order valence-corrected chi connectivity index (χ2v) is 6.97. The number of pyridine rings is 1. The number of likely N-dealkylation sites (N-methyl/N-ethyl adjacent to an activating group) is 1. The van der Waals surface area contributed by atoms with E-state index >= 15 is 0 Å². The second-order valence-electron chi connectivity index (χ2n) is 6.97. The molecule has 1 saturated heterocycles. The van der Waals surface area contributed by atoms with Crippen molar-refractivity contribution in [2.45, 2.75) is 13.0 Å². The molecule has 29 heavy (non-hydrogen) atoms. The summed E-state index contributed by atoms with van der Waals surface area (Å²) >= 11 is 0. The van der Waals surface area contributed by atoms with E-state index in [0.29, 0.717) is 30.0 Å². The van der Waals surface area contributed by atoms with Gasteiger partial charge in [0.05, 0.1) is 16.9 Å².